The van der Waals surface area contributed by atoms with Crippen LogP contribution in [0.25, 0.3) is 0 Å². The molecule has 0 unspecified atom stereocenters. The molecule has 0 saturated carbocycles. The van der Waals surface area contributed by atoms with Gasteiger partial charge >= 0.3 is 0 Å². The molecule has 1 aliphatic rings. The molecule has 0 aliphatic carbocycles. The number of aliphatic imine (C=N–C) groups is 1. The number of nitrogens with one attached hydrogen (secondary N) is 1. The molecule has 0 fully saturated rings. The third-order valence-electron chi connectivity index (χ3n) is 5.55. The lowest BCUT2D eigenvalue weighted by Crippen LogP contribution is -2.15. The van der Waals surface area contributed by atoms with Crippen LogP contribution in [0.3, 0.4) is 0 Å². The zero-order chi connectivity index (χ0) is 24.6. The van der Waals surface area contributed by atoms with Crippen LogP contribution >= 0.6 is 22.9 Å². The number of nitrogens with zero attached hydrogens (tertiary/aromatic N) is 1. The Morgan fingerprint density at radius 1 is 0.857 bits per heavy atom. The average Bonchev–Trinajstić information content (AvgIpc) is 3.37. The summed E-state index contributed by atoms with van der Waals surface area (Å²) in [6.45, 7) is 0.633. The number of benzene rings is 3. The quantitative estimate of drug-likeness (QED) is 0.351. The highest BCUT2D eigenvalue weighted by molar-refractivity contribution is 7.95. The Morgan fingerprint density at radius 2 is 1.66 bits per heavy atom. The van der Waals surface area contributed by atoms with E-state index in [4.69, 9.17) is 11.6 Å². The highest BCUT2D eigenvalue weighted by Crippen LogP contribution is 2.30. The van der Waals surface area contributed by atoms with Gasteiger partial charge in [-0.1, -0.05) is 48.0 Å². The number of halogens is 1. The monoisotopic (exact) mass is 542 g/mol. The topological polar surface area (TPSA) is 92.7 Å². The SMILES string of the molecule is O=S(=O)(Nc1cccc(C2=NCCc3ccc(Cl)cc32)c1)c1cc(S(=O)(=O)c2ccccc2)cs1. The van der Waals surface area contributed by atoms with Crippen LogP contribution in [0.2, 0.25) is 5.02 Å². The van der Waals surface area contributed by atoms with E-state index < -0.39 is 19.9 Å². The molecule has 1 aromatic heterocycles. The van der Waals surface area contributed by atoms with Crippen molar-refractivity contribution in [2.75, 3.05) is 11.3 Å². The summed E-state index contributed by atoms with van der Waals surface area (Å²) < 4.78 is 54.3. The highest BCUT2D eigenvalue weighted by Gasteiger charge is 2.24. The molecule has 10 heteroatoms. The van der Waals surface area contributed by atoms with E-state index in [1.807, 2.05) is 24.3 Å². The van der Waals surface area contributed by atoms with E-state index in [1.165, 1.54) is 23.6 Å². The molecule has 35 heavy (non-hydrogen) atoms. The van der Waals surface area contributed by atoms with Gasteiger partial charge in [0, 0.05) is 33.8 Å². The summed E-state index contributed by atoms with van der Waals surface area (Å²) in [5.74, 6) is 0. The Bertz CT molecular complexity index is 1660. The van der Waals surface area contributed by atoms with Crippen LogP contribution in [0.15, 0.2) is 103 Å². The molecular weight excluding hydrogens is 524 g/mol. The van der Waals surface area contributed by atoms with Crippen molar-refractivity contribution in [1.82, 2.24) is 0 Å². The normalized spacial score (nSPS) is 13.7. The van der Waals surface area contributed by atoms with Gasteiger partial charge in [0.1, 0.15) is 4.21 Å². The molecule has 2 heterocycles. The van der Waals surface area contributed by atoms with Crippen molar-refractivity contribution >= 4 is 54.2 Å². The molecule has 0 bridgehead atoms. The second-order valence-corrected chi connectivity index (χ2v) is 13.1. The summed E-state index contributed by atoms with van der Waals surface area (Å²) in [4.78, 5) is 4.70. The largest absolute Gasteiger partial charge is 0.284 e. The first kappa shape index (κ1) is 23.7. The first-order chi connectivity index (χ1) is 16.7. The van der Waals surface area contributed by atoms with Crippen molar-refractivity contribution in [2.24, 2.45) is 4.99 Å². The van der Waals surface area contributed by atoms with E-state index >= 15 is 0 Å². The lowest BCUT2D eigenvalue weighted by molar-refractivity contribution is 0.596. The van der Waals surface area contributed by atoms with Crippen LogP contribution in [0.4, 0.5) is 5.69 Å². The number of hydrogen-bond acceptors (Lipinski definition) is 6. The Kier molecular flexibility index (Phi) is 6.27. The van der Waals surface area contributed by atoms with E-state index in [9.17, 15) is 16.8 Å². The van der Waals surface area contributed by atoms with Crippen LogP contribution in [0.1, 0.15) is 16.7 Å². The van der Waals surface area contributed by atoms with Gasteiger partial charge in [-0.25, -0.2) is 16.8 Å². The summed E-state index contributed by atoms with van der Waals surface area (Å²) in [6.07, 6.45) is 0.814. The lowest BCUT2D eigenvalue weighted by Gasteiger charge is -2.18. The molecule has 4 aromatic rings. The van der Waals surface area contributed by atoms with E-state index in [1.54, 1.807) is 36.4 Å². The third kappa shape index (κ3) is 4.77. The van der Waals surface area contributed by atoms with Crippen LogP contribution < -0.4 is 4.72 Å². The molecule has 0 atom stereocenters. The zero-order valence-corrected chi connectivity index (χ0v) is 21.4. The molecule has 0 spiro atoms. The van der Waals surface area contributed by atoms with E-state index in [0.29, 0.717) is 17.3 Å². The summed E-state index contributed by atoms with van der Waals surface area (Å²) in [7, 11) is -7.82. The molecule has 0 amide bonds. The van der Waals surface area contributed by atoms with Crippen molar-refractivity contribution in [3.8, 4) is 0 Å². The minimum absolute atomic E-state index is 0.0622. The average molecular weight is 543 g/mol. The van der Waals surface area contributed by atoms with Crippen molar-refractivity contribution in [2.45, 2.75) is 20.4 Å². The van der Waals surface area contributed by atoms with Crippen molar-refractivity contribution < 1.29 is 16.8 Å². The van der Waals surface area contributed by atoms with Gasteiger partial charge in [0.2, 0.25) is 9.84 Å². The number of hydrogen-bond donors (Lipinski definition) is 1. The molecule has 1 aliphatic heterocycles. The maximum atomic E-state index is 13.1. The van der Waals surface area contributed by atoms with E-state index in [0.717, 1.165) is 40.2 Å². The van der Waals surface area contributed by atoms with Crippen LogP contribution in [-0.2, 0) is 26.3 Å². The van der Waals surface area contributed by atoms with Crippen LogP contribution in [0, 0.1) is 0 Å². The number of anilines is 1. The lowest BCUT2D eigenvalue weighted by atomic mass is 9.93. The number of fused-ring (bicyclic) bond motifs is 1. The molecule has 0 saturated heterocycles. The number of sulfonamides is 1. The van der Waals surface area contributed by atoms with Gasteiger partial charge < -0.3 is 0 Å². The first-order valence-corrected chi connectivity index (χ1v) is 14.8. The van der Waals surface area contributed by atoms with Crippen molar-refractivity contribution in [3.63, 3.8) is 0 Å². The third-order valence-corrected chi connectivity index (χ3v) is 10.5. The Hall–Kier alpha value is -2.98. The van der Waals surface area contributed by atoms with Crippen LogP contribution in [-0.4, -0.2) is 29.1 Å². The summed E-state index contributed by atoms with van der Waals surface area (Å²) in [5.41, 5.74) is 3.92. The van der Waals surface area contributed by atoms with Gasteiger partial charge in [-0.3, -0.25) is 9.71 Å². The standard InChI is InChI=1S/C25H19ClN2O4S3/c26-19-10-9-17-11-12-27-25(23(17)14-19)18-5-4-6-20(13-18)28-35(31,32)24-15-22(16-33-24)34(29,30)21-7-2-1-3-8-21/h1-10,13-16,28H,11-12H2. The second kappa shape index (κ2) is 9.23. The van der Waals surface area contributed by atoms with Gasteiger partial charge in [-0.05, 0) is 54.4 Å². The predicted octanol–water partition coefficient (Wildman–Crippen LogP) is 5.43. The fourth-order valence-corrected chi connectivity index (χ4v) is 7.98. The van der Waals surface area contributed by atoms with E-state index in [2.05, 4.69) is 9.71 Å². The Labute approximate surface area is 212 Å². The van der Waals surface area contributed by atoms with Crippen LogP contribution in [0.5, 0.6) is 0 Å². The van der Waals surface area contributed by atoms with Gasteiger partial charge in [-0.15, -0.1) is 11.3 Å². The van der Waals surface area contributed by atoms with Gasteiger partial charge in [-0.2, -0.15) is 0 Å². The first-order valence-electron chi connectivity index (χ1n) is 10.6. The van der Waals surface area contributed by atoms with Gasteiger partial charge in [0.25, 0.3) is 10.0 Å². The molecule has 178 valence electrons. The van der Waals surface area contributed by atoms with Gasteiger partial charge in [0.05, 0.1) is 15.5 Å². The van der Waals surface area contributed by atoms with Crippen molar-refractivity contribution in [3.05, 3.63) is 106 Å². The number of thiophene rings is 1. The van der Waals surface area contributed by atoms with Crippen molar-refractivity contribution in [1.29, 1.82) is 0 Å². The molecular formula is C25H19ClN2O4S3. The summed E-state index contributed by atoms with van der Waals surface area (Å²) >= 11 is 7.05. The number of rotatable bonds is 6. The van der Waals surface area contributed by atoms with Gasteiger partial charge in [0.15, 0.2) is 0 Å². The molecule has 5 rings (SSSR count). The Morgan fingerprint density at radius 3 is 2.46 bits per heavy atom. The highest BCUT2D eigenvalue weighted by atomic mass is 35.5. The number of sulfone groups is 1. The Balaban J connectivity index is 1.43. The molecule has 6 nitrogen and oxygen atoms in total. The fourth-order valence-electron chi connectivity index (χ4n) is 3.86. The summed E-state index contributed by atoms with van der Waals surface area (Å²) in [6, 6.07) is 21.7. The maximum absolute atomic E-state index is 13.1. The summed E-state index contributed by atoms with van der Waals surface area (Å²) in [5, 5.41) is 1.94. The minimum atomic E-state index is -4.01. The smallest absolute Gasteiger partial charge is 0.271 e. The fraction of sp³-hybridized carbons (Fsp3) is 0.0800. The maximum Gasteiger partial charge on any atom is 0.271 e. The second-order valence-electron chi connectivity index (χ2n) is 7.89. The molecule has 0 radical (unpaired) electrons. The molecule has 1 N–H and O–H groups in total. The van der Waals surface area contributed by atoms with E-state index in [-0.39, 0.29) is 14.0 Å². The molecule has 3 aromatic carbocycles. The zero-order valence-electron chi connectivity index (χ0n) is 18.2. The predicted molar refractivity (Wildman–Crippen MR) is 139 cm³/mol. The minimum Gasteiger partial charge on any atom is -0.284 e.